The highest BCUT2D eigenvalue weighted by molar-refractivity contribution is 5.83. The van der Waals surface area contributed by atoms with E-state index in [1.54, 1.807) is 18.2 Å². The minimum Gasteiger partial charge on any atom is -0.482 e. The van der Waals surface area contributed by atoms with Crippen LogP contribution in [0.3, 0.4) is 0 Å². The fourth-order valence-corrected chi connectivity index (χ4v) is 2.62. The lowest BCUT2D eigenvalue weighted by atomic mass is 10.1. The third-order valence-electron chi connectivity index (χ3n) is 4.00. The van der Waals surface area contributed by atoms with E-state index in [1.165, 1.54) is 12.1 Å². The number of non-ortho nitro benzene ring substituents is 1. The fraction of sp³-hybridized carbons (Fsp3) is 0.150. The van der Waals surface area contributed by atoms with E-state index in [2.05, 4.69) is 5.48 Å². The van der Waals surface area contributed by atoms with Crippen LogP contribution in [0.2, 0.25) is 0 Å². The van der Waals surface area contributed by atoms with E-state index in [1.807, 2.05) is 36.4 Å². The molecule has 0 saturated heterocycles. The number of rotatable bonds is 8. The van der Waals surface area contributed by atoms with Gasteiger partial charge in [0.2, 0.25) is 0 Å². The number of carbonyl (C=O) groups is 1. The van der Waals surface area contributed by atoms with Gasteiger partial charge in [0.15, 0.2) is 6.61 Å². The molecule has 0 aliphatic rings. The Labute approximate surface area is 161 Å². The SMILES string of the molecule is N[C@H](Cc1ccc([N+](=O)[O-])cc1)NOC(=O)COc1ccc2ccccc2c1. The zero-order chi connectivity index (χ0) is 19.9. The molecule has 0 fully saturated rings. The van der Waals surface area contributed by atoms with Crippen LogP contribution in [0.15, 0.2) is 66.7 Å². The van der Waals surface area contributed by atoms with Crippen molar-refractivity contribution >= 4 is 22.4 Å². The number of hydroxylamine groups is 1. The van der Waals surface area contributed by atoms with Crippen molar-refractivity contribution in [3.05, 3.63) is 82.4 Å². The Bertz CT molecular complexity index is 975. The summed E-state index contributed by atoms with van der Waals surface area (Å²) in [6, 6.07) is 19.4. The summed E-state index contributed by atoms with van der Waals surface area (Å²) >= 11 is 0. The predicted molar refractivity (Wildman–Crippen MR) is 103 cm³/mol. The van der Waals surface area contributed by atoms with Gasteiger partial charge in [0.1, 0.15) is 5.75 Å². The predicted octanol–water partition coefficient (Wildman–Crippen LogP) is 2.70. The van der Waals surface area contributed by atoms with Crippen LogP contribution in [-0.4, -0.2) is 23.7 Å². The minimum absolute atomic E-state index is 0.00236. The number of carbonyl (C=O) groups excluding carboxylic acids is 1. The molecule has 0 spiro atoms. The monoisotopic (exact) mass is 381 g/mol. The Morgan fingerprint density at radius 1 is 1.07 bits per heavy atom. The van der Waals surface area contributed by atoms with Gasteiger partial charge in [-0.15, -0.1) is 5.48 Å². The Morgan fingerprint density at radius 2 is 1.79 bits per heavy atom. The highest BCUT2D eigenvalue weighted by atomic mass is 16.7. The van der Waals surface area contributed by atoms with Crippen LogP contribution in [0, 0.1) is 10.1 Å². The first-order valence-corrected chi connectivity index (χ1v) is 8.57. The van der Waals surface area contributed by atoms with Crippen molar-refractivity contribution in [1.82, 2.24) is 5.48 Å². The topological polar surface area (TPSA) is 117 Å². The Morgan fingerprint density at radius 3 is 2.50 bits per heavy atom. The van der Waals surface area contributed by atoms with Crippen LogP contribution in [-0.2, 0) is 16.1 Å². The summed E-state index contributed by atoms with van der Waals surface area (Å²) in [5, 5.41) is 12.7. The molecule has 0 aliphatic heterocycles. The van der Waals surface area contributed by atoms with E-state index in [0.717, 1.165) is 16.3 Å². The van der Waals surface area contributed by atoms with E-state index in [0.29, 0.717) is 12.2 Å². The van der Waals surface area contributed by atoms with Crippen molar-refractivity contribution in [2.24, 2.45) is 5.73 Å². The zero-order valence-electron chi connectivity index (χ0n) is 14.9. The number of hydrogen-bond acceptors (Lipinski definition) is 7. The minimum atomic E-state index is -0.661. The number of nitro benzene ring substituents is 1. The highest BCUT2D eigenvalue weighted by Gasteiger charge is 2.11. The summed E-state index contributed by atoms with van der Waals surface area (Å²) in [5.41, 5.74) is 9.08. The van der Waals surface area contributed by atoms with Crippen LogP contribution in [0.25, 0.3) is 10.8 Å². The lowest BCUT2D eigenvalue weighted by molar-refractivity contribution is -0.384. The Balaban J connectivity index is 1.43. The van der Waals surface area contributed by atoms with Gasteiger partial charge in [-0.2, -0.15) is 0 Å². The van der Waals surface area contributed by atoms with Crippen molar-refractivity contribution in [3.63, 3.8) is 0 Å². The average Bonchev–Trinajstić information content (AvgIpc) is 2.71. The summed E-state index contributed by atoms with van der Waals surface area (Å²) in [7, 11) is 0. The number of nitrogens with zero attached hydrogens (tertiary/aromatic N) is 1. The molecule has 0 radical (unpaired) electrons. The first-order chi connectivity index (χ1) is 13.5. The van der Waals surface area contributed by atoms with Crippen LogP contribution < -0.4 is 16.0 Å². The molecule has 8 nitrogen and oxygen atoms in total. The maximum Gasteiger partial charge on any atom is 0.362 e. The van der Waals surface area contributed by atoms with Crippen molar-refractivity contribution in [3.8, 4) is 5.75 Å². The molecule has 0 aromatic heterocycles. The van der Waals surface area contributed by atoms with Gasteiger partial charge < -0.3 is 15.3 Å². The smallest absolute Gasteiger partial charge is 0.362 e. The highest BCUT2D eigenvalue weighted by Crippen LogP contribution is 2.20. The quantitative estimate of drug-likeness (QED) is 0.350. The molecule has 0 unspecified atom stereocenters. The average molecular weight is 381 g/mol. The van der Waals surface area contributed by atoms with Gasteiger partial charge >= 0.3 is 5.97 Å². The van der Waals surface area contributed by atoms with Gasteiger partial charge in [0.25, 0.3) is 5.69 Å². The summed E-state index contributed by atoms with van der Waals surface area (Å²) in [6.07, 6.45) is -0.331. The maximum atomic E-state index is 11.8. The van der Waals surface area contributed by atoms with E-state index in [9.17, 15) is 14.9 Å². The lowest BCUT2D eigenvalue weighted by Crippen LogP contribution is -2.41. The molecule has 0 heterocycles. The number of nitrogens with two attached hydrogens (primary N) is 1. The molecule has 8 heteroatoms. The molecule has 0 aliphatic carbocycles. The van der Waals surface area contributed by atoms with E-state index in [-0.39, 0.29) is 12.3 Å². The van der Waals surface area contributed by atoms with Gasteiger partial charge in [0, 0.05) is 18.6 Å². The van der Waals surface area contributed by atoms with Gasteiger partial charge in [-0.3, -0.25) is 10.1 Å². The molecule has 3 N–H and O–H groups in total. The lowest BCUT2D eigenvalue weighted by Gasteiger charge is -2.14. The number of ether oxygens (including phenoxy) is 1. The van der Waals surface area contributed by atoms with E-state index < -0.39 is 17.1 Å². The second-order valence-corrected chi connectivity index (χ2v) is 6.12. The van der Waals surface area contributed by atoms with Crippen LogP contribution in [0.1, 0.15) is 5.56 Å². The standard InChI is InChI=1S/C20H19N3O5/c21-19(11-14-5-8-17(9-6-14)23(25)26)22-28-20(24)13-27-18-10-7-15-3-1-2-4-16(15)12-18/h1-10,12,19,22H,11,13,21H2/t19-/m0/s1. The Kier molecular flexibility index (Phi) is 6.15. The van der Waals surface area contributed by atoms with Gasteiger partial charge in [-0.25, -0.2) is 4.79 Å². The normalized spacial score (nSPS) is 11.8. The van der Waals surface area contributed by atoms with Crippen molar-refractivity contribution < 1.29 is 19.3 Å². The largest absolute Gasteiger partial charge is 0.482 e. The number of fused-ring (bicyclic) bond motifs is 1. The van der Waals surface area contributed by atoms with Crippen molar-refractivity contribution in [2.75, 3.05) is 6.61 Å². The van der Waals surface area contributed by atoms with Crippen LogP contribution >= 0.6 is 0 Å². The van der Waals surface area contributed by atoms with E-state index >= 15 is 0 Å². The second kappa shape index (κ2) is 8.94. The molecule has 3 aromatic carbocycles. The van der Waals surface area contributed by atoms with Gasteiger partial charge in [-0.05, 0) is 28.5 Å². The summed E-state index contributed by atoms with van der Waals surface area (Å²) in [5.74, 6) is -0.0573. The third-order valence-corrected chi connectivity index (χ3v) is 4.00. The van der Waals surface area contributed by atoms with Crippen LogP contribution in [0.4, 0.5) is 5.69 Å². The number of benzene rings is 3. The summed E-state index contributed by atoms with van der Waals surface area (Å²) < 4.78 is 5.44. The third kappa shape index (κ3) is 5.26. The van der Waals surface area contributed by atoms with Crippen molar-refractivity contribution in [2.45, 2.75) is 12.6 Å². The number of hydrogen-bond donors (Lipinski definition) is 2. The van der Waals surface area contributed by atoms with Gasteiger partial charge in [-0.1, -0.05) is 42.5 Å². The first kappa shape index (κ1) is 19.3. The fourth-order valence-electron chi connectivity index (χ4n) is 2.62. The molecule has 1 atom stereocenters. The molecule has 0 saturated carbocycles. The zero-order valence-corrected chi connectivity index (χ0v) is 14.9. The molecular formula is C20H19N3O5. The maximum absolute atomic E-state index is 11.8. The summed E-state index contributed by atoms with van der Waals surface area (Å²) in [4.78, 5) is 26.9. The molecule has 3 aromatic rings. The number of nitrogens with one attached hydrogen (secondary N) is 1. The van der Waals surface area contributed by atoms with Gasteiger partial charge in [0.05, 0.1) is 11.1 Å². The van der Waals surface area contributed by atoms with E-state index in [4.69, 9.17) is 15.3 Å². The number of nitro groups is 1. The molecule has 3 rings (SSSR count). The van der Waals surface area contributed by atoms with Crippen molar-refractivity contribution in [1.29, 1.82) is 0 Å². The second-order valence-electron chi connectivity index (χ2n) is 6.12. The molecule has 28 heavy (non-hydrogen) atoms. The molecule has 0 amide bonds. The first-order valence-electron chi connectivity index (χ1n) is 8.57. The molecular weight excluding hydrogens is 362 g/mol. The molecule has 144 valence electrons. The Hall–Kier alpha value is -3.49. The molecule has 0 bridgehead atoms. The van der Waals surface area contributed by atoms with Crippen LogP contribution in [0.5, 0.6) is 5.75 Å². The summed E-state index contributed by atoms with van der Waals surface area (Å²) in [6.45, 7) is -0.268.